The lowest BCUT2D eigenvalue weighted by atomic mass is 10.0. The van der Waals surface area contributed by atoms with Crippen molar-refractivity contribution in [3.63, 3.8) is 0 Å². The Kier molecular flexibility index (Phi) is 11.1. The molecule has 4 heteroatoms. The van der Waals surface area contributed by atoms with E-state index in [4.69, 9.17) is 13.3 Å². The summed E-state index contributed by atoms with van der Waals surface area (Å²) in [5.41, 5.74) is 0. The van der Waals surface area contributed by atoms with E-state index in [0.29, 0.717) is 19.8 Å². The maximum Gasteiger partial charge on any atom is 0.532 e. The Hall–Kier alpha value is -0.163. The van der Waals surface area contributed by atoms with E-state index in [1.54, 1.807) is 0 Å². The van der Waals surface area contributed by atoms with Crippen LogP contribution in [0.4, 0.5) is 0 Å². The van der Waals surface area contributed by atoms with Crippen molar-refractivity contribution in [1.29, 1.82) is 0 Å². The first-order valence-corrected chi connectivity index (χ1v) is 11.1. The van der Waals surface area contributed by atoms with E-state index in [1.165, 1.54) is 56.6 Å². The minimum Gasteiger partial charge on any atom is -0.370 e. The van der Waals surface area contributed by atoms with Gasteiger partial charge in [0, 0.05) is 19.8 Å². The number of hydrogen-bond acceptors (Lipinski definition) is 3. The summed E-state index contributed by atoms with van der Waals surface area (Å²) in [6.07, 6.45) is 15.3. The van der Waals surface area contributed by atoms with Crippen LogP contribution in [0.2, 0.25) is 0 Å². The van der Waals surface area contributed by atoms with Gasteiger partial charge in [0.2, 0.25) is 0 Å². The Morgan fingerprint density at radius 1 is 0.727 bits per heavy atom. The Morgan fingerprint density at radius 3 is 1.68 bits per heavy atom. The second-order valence-corrected chi connectivity index (χ2v) is 8.57. The van der Waals surface area contributed by atoms with Gasteiger partial charge in [-0.15, -0.1) is 0 Å². The van der Waals surface area contributed by atoms with Crippen molar-refractivity contribution in [2.75, 3.05) is 19.8 Å². The summed E-state index contributed by atoms with van der Waals surface area (Å²) in [6, 6.07) is 0. The lowest BCUT2D eigenvalue weighted by molar-refractivity contribution is 0.0795. The molecule has 0 spiro atoms. The van der Waals surface area contributed by atoms with Crippen molar-refractivity contribution < 1.29 is 13.3 Å². The van der Waals surface area contributed by atoms with Gasteiger partial charge >= 0.3 is 8.80 Å². The number of rotatable bonds is 7. The van der Waals surface area contributed by atoms with E-state index in [9.17, 15) is 0 Å². The van der Waals surface area contributed by atoms with E-state index in [2.05, 4.69) is 6.08 Å². The zero-order chi connectivity index (χ0) is 16.1. The predicted octanol–water partition coefficient (Wildman–Crippen LogP) is 5.42. The molecule has 130 valence electrons. The van der Waals surface area contributed by atoms with Crippen molar-refractivity contribution in [3.8, 4) is 0 Å². The van der Waals surface area contributed by atoms with Crippen LogP contribution in [-0.4, -0.2) is 28.6 Å². The molecule has 0 aromatic carbocycles. The van der Waals surface area contributed by atoms with E-state index in [1.807, 2.05) is 20.8 Å². The van der Waals surface area contributed by atoms with Gasteiger partial charge in [-0.2, -0.15) is 0 Å². The third-order valence-corrected chi connectivity index (χ3v) is 7.43. The third-order valence-electron chi connectivity index (χ3n) is 4.19. The molecule has 0 N–H and O–H groups in total. The molecule has 0 saturated heterocycles. The summed E-state index contributed by atoms with van der Waals surface area (Å²) >= 11 is 0. The molecule has 0 atom stereocenters. The fourth-order valence-corrected chi connectivity index (χ4v) is 5.97. The highest BCUT2D eigenvalue weighted by Crippen LogP contribution is 2.27. The average Bonchev–Trinajstić information content (AvgIpc) is 2.48. The van der Waals surface area contributed by atoms with Crippen LogP contribution in [0.15, 0.2) is 11.3 Å². The summed E-state index contributed by atoms with van der Waals surface area (Å²) < 4.78 is 18.3. The van der Waals surface area contributed by atoms with Gasteiger partial charge in [-0.25, -0.2) is 0 Å². The maximum atomic E-state index is 6.10. The van der Waals surface area contributed by atoms with Gasteiger partial charge in [-0.05, 0) is 51.7 Å². The Bertz CT molecular complexity index is 288. The lowest BCUT2D eigenvalue weighted by Crippen LogP contribution is -2.48. The van der Waals surface area contributed by atoms with Gasteiger partial charge in [-0.3, -0.25) is 0 Å². The van der Waals surface area contributed by atoms with Crippen molar-refractivity contribution in [2.24, 2.45) is 0 Å². The molecule has 0 aromatic rings. The summed E-state index contributed by atoms with van der Waals surface area (Å²) in [4.78, 5) is 0. The molecule has 0 radical (unpaired) electrons. The van der Waals surface area contributed by atoms with Crippen LogP contribution >= 0.6 is 0 Å². The molecule has 3 nitrogen and oxygen atoms in total. The minimum absolute atomic E-state index is 0.656. The highest BCUT2D eigenvalue weighted by atomic mass is 28.4. The zero-order valence-corrected chi connectivity index (χ0v) is 16.0. The second kappa shape index (κ2) is 12.3. The molecule has 0 unspecified atom stereocenters. The summed E-state index contributed by atoms with van der Waals surface area (Å²) in [7, 11) is -2.66. The van der Waals surface area contributed by atoms with Crippen LogP contribution in [0.3, 0.4) is 0 Å². The first kappa shape index (κ1) is 19.9. The van der Waals surface area contributed by atoms with Crippen molar-refractivity contribution in [3.05, 3.63) is 11.3 Å². The lowest BCUT2D eigenvalue weighted by Gasteiger charge is -2.31. The van der Waals surface area contributed by atoms with E-state index in [-0.39, 0.29) is 0 Å². The van der Waals surface area contributed by atoms with Gasteiger partial charge in [0.15, 0.2) is 0 Å². The molecular formula is C18H36O3Si. The van der Waals surface area contributed by atoms with Crippen LogP contribution in [0.1, 0.15) is 85.0 Å². The molecule has 0 bridgehead atoms. The Morgan fingerprint density at radius 2 is 1.18 bits per heavy atom. The van der Waals surface area contributed by atoms with Crippen molar-refractivity contribution in [2.45, 2.75) is 85.0 Å². The Labute approximate surface area is 138 Å². The quantitative estimate of drug-likeness (QED) is 0.584. The van der Waals surface area contributed by atoms with Crippen LogP contribution in [-0.2, 0) is 13.3 Å². The first-order valence-electron chi connectivity index (χ1n) is 9.40. The number of allylic oxidation sites excluding steroid dienone is 2. The molecule has 22 heavy (non-hydrogen) atoms. The molecule has 0 heterocycles. The smallest absolute Gasteiger partial charge is 0.370 e. The largest absolute Gasteiger partial charge is 0.532 e. The van der Waals surface area contributed by atoms with Crippen molar-refractivity contribution >= 4 is 8.80 Å². The van der Waals surface area contributed by atoms with Gasteiger partial charge in [-0.1, -0.05) is 44.6 Å². The molecule has 0 fully saturated rings. The highest BCUT2D eigenvalue weighted by molar-refractivity contribution is 6.68. The molecule has 1 rings (SSSR count). The fourth-order valence-electron chi connectivity index (χ4n) is 3.15. The predicted molar refractivity (Wildman–Crippen MR) is 94.9 cm³/mol. The maximum absolute atomic E-state index is 6.10. The summed E-state index contributed by atoms with van der Waals surface area (Å²) in [5, 5.41) is 1.33. The molecular weight excluding hydrogens is 292 g/mol. The van der Waals surface area contributed by atoms with Crippen molar-refractivity contribution in [1.82, 2.24) is 0 Å². The average molecular weight is 329 g/mol. The minimum atomic E-state index is -2.66. The molecule has 0 aromatic heterocycles. The van der Waals surface area contributed by atoms with Gasteiger partial charge in [0.05, 0.1) is 0 Å². The van der Waals surface area contributed by atoms with E-state index < -0.39 is 8.80 Å². The molecule has 0 amide bonds. The van der Waals surface area contributed by atoms with Crippen LogP contribution in [0, 0.1) is 0 Å². The summed E-state index contributed by atoms with van der Waals surface area (Å²) in [5.74, 6) is 0. The third kappa shape index (κ3) is 6.94. The molecule has 1 aliphatic rings. The number of hydrogen-bond donors (Lipinski definition) is 0. The van der Waals surface area contributed by atoms with Gasteiger partial charge < -0.3 is 13.3 Å². The fraction of sp³-hybridized carbons (Fsp3) is 0.889. The SMILES string of the molecule is CCO[Si](OCC)(OCC)/C1=C/CCCCCCCCCC1. The Balaban J connectivity index is 2.86. The van der Waals surface area contributed by atoms with Gasteiger partial charge in [0.1, 0.15) is 0 Å². The molecule has 0 aliphatic heterocycles. The van der Waals surface area contributed by atoms with E-state index >= 15 is 0 Å². The van der Waals surface area contributed by atoms with E-state index in [0.717, 1.165) is 12.8 Å². The zero-order valence-electron chi connectivity index (χ0n) is 15.0. The monoisotopic (exact) mass is 328 g/mol. The topological polar surface area (TPSA) is 27.7 Å². The second-order valence-electron chi connectivity index (χ2n) is 5.95. The normalized spacial score (nSPS) is 21.5. The van der Waals surface area contributed by atoms with Crippen LogP contribution in [0.25, 0.3) is 0 Å². The highest BCUT2D eigenvalue weighted by Gasteiger charge is 2.44. The van der Waals surface area contributed by atoms with Crippen LogP contribution in [0.5, 0.6) is 0 Å². The van der Waals surface area contributed by atoms with Crippen LogP contribution < -0.4 is 0 Å². The standard InChI is InChI=1S/C18H36O3Si/c1-4-19-22(20-5-2,21-6-3)18-16-14-12-10-8-7-9-11-13-15-17-18/h16H,4-15,17H2,1-3H3/b18-16+. The van der Waals surface area contributed by atoms with Gasteiger partial charge in [0.25, 0.3) is 0 Å². The molecule has 1 aliphatic carbocycles. The first-order chi connectivity index (χ1) is 10.8. The molecule has 0 saturated carbocycles. The summed E-state index contributed by atoms with van der Waals surface area (Å²) in [6.45, 7) is 8.08.